The number of carboxylic acid groups (broad SMARTS) is 1. The maximum absolute atomic E-state index is 11.6. The molecule has 6 heteroatoms. The molecule has 0 aromatic carbocycles. The summed E-state index contributed by atoms with van der Waals surface area (Å²) >= 11 is 0. The molecule has 1 atom stereocenters. The smallest absolute Gasteiger partial charge is 0.321 e. The minimum atomic E-state index is -0.771. The topological polar surface area (TPSA) is 79.5 Å². The van der Waals surface area contributed by atoms with Crippen LogP contribution in [0.1, 0.15) is 51.7 Å². The van der Waals surface area contributed by atoms with E-state index < -0.39 is 12.0 Å². The van der Waals surface area contributed by atoms with Crippen molar-refractivity contribution >= 4 is 5.97 Å². The Morgan fingerprint density at radius 2 is 2.30 bits per heavy atom. The van der Waals surface area contributed by atoms with E-state index in [-0.39, 0.29) is 5.41 Å². The van der Waals surface area contributed by atoms with Gasteiger partial charge in [-0.1, -0.05) is 25.9 Å². The minimum Gasteiger partial charge on any atom is -0.480 e. The molecule has 1 saturated heterocycles. The van der Waals surface area contributed by atoms with Crippen molar-refractivity contribution in [2.24, 2.45) is 5.41 Å². The summed E-state index contributed by atoms with van der Waals surface area (Å²) in [5.74, 6) is 0.440. The summed E-state index contributed by atoms with van der Waals surface area (Å²) in [5.41, 5.74) is -0.236. The summed E-state index contributed by atoms with van der Waals surface area (Å²) in [7, 11) is 0. The van der Waals surface area contributed by atoms with Crippen molar-refractivity contribution < 1.29 is 14.4 Å². The molecule has 0 amide bonds. The Bertz CT molecular complexity index is 470. The molecule has 112 valence electrons. The molecule has 2 heterocycles. The maximum Gasteiger partial charge on any atom is 0.321 e. The lowest BCUT2D eigenvalue weighted by Gasteiger charge is -2.43. The highest BCUT2D eigenvalue weighted by molar-refractivity contribution is 5.74. The van der Waals surface area contributed by atoms with Gasteiger partial charge < -0.3 is 9.63 Å². The number of likely N-dealkylation sites (tertiary alicyclic amines) is 1. The van der Waals surface area contributed by atoms with E-state index in [0.29, 0.717) is 18.3 Å². The Morgan fingerprint density at radius 1 is 1.55 bits per heavy atom. The van der Waals surface area contributed by atoms with Gasteiger partial charge in [-0.05, 0) is 31.2 Å². The van der Waals surface area contributed by atoms with Crippen LogP contribution in [0, 0.1) is 5.41 Å². The molecule has 2 rings (SSSR count). The summed E-state index contributed by atoms with van der Waals surface area (Å²) in [4.78, 5) is 17.8. The van der Waals surface area contributed by atoms with Crippen molar-refractivity contribution in [1.29, 1.82) is 0 Å². The lowest BCUT2D eigenvalue weighted by Crippen LogP contribution is -2.53. The predicted octanol–water partition coefficient (Wildman–Crippen LogP) is 2.10. The van der Waals surface area contributed by atoms with Crippen molar-refractivity contribution in [1.82, 2.24) is 15.0 Å². The fourth-order valence-electron chi connectivity index (χ4n) is 3.01. The van der Waals surface area contributed by atoms with Crippen LogP contribution in [0.3, 0.4) is 0 Å². The second kappa shape index (κ2) is 5.91. The summed E-state index contributed by atoms with van der Waals surface area (Å²) < 4.78 is 5.16. The number of aromatic nitrogens is 2. The fourth-order valence-corrected chi connectivity index (χ4v) is 3.01. The highest BCUT2D eigenvalue weighted by atomic mass is 16.5. The van der Waals surface area contributed by atoms with E-state index in [2.05, 4.69) is 17.1 Å². The van der Waals surface area contributed by atoms with Gasteiger partial charge in [0.15, 0.2) is 5.82 Å². The van der Waals surface area contributed by atoms with Gasteiger partial charge in [-0.3, -0.25) is 9.69 Å². The van der Waals surface area contributed by atoms with Crippen LogP contribution in [-0.4, -0.2) is 38.7 Å². The summed E-state index contributed by atoms with van der Waals surface area (Å²) in [6.45, 7) is 7.27. The molecule has 1 aliphatic heterocycles. The molecule has 0 saturated carbocycles. The van der Waals surface area contributed by atoms with Crippen LogP contribution >= 0.6 is 0 Å². The second-order valence-corrected chi connectivity index (χ2v) is 6.16. The van der Waals surface area contributed by atoms with E-state index in [1.165, 1.54) is 0 Å². The molecule has 0 aliphatic carbocycles. The van der Waals surface area contributed by atoms with Crippen molar-refractivity contribution in [3.63, 3.8) is 0 Å². The van der Waals surface area contributed by atoms with Crippen LogP contribution in [-0.2, 0) is 17.8 Å². The van der Waals surface area contributed by atoms with E-state index in [1.54, 1.807) is 0 Å². The average molecular weight is 281 g/mol. The quantitative estimate of drug-likeness (QED) is 0.890. The van der Waals surface area contributed by atoms with Crippen molar-refractivity contribution in [2.75, 3.05) is 6.54 Å². The third kappa shape index (κ3) is 3.17. The van der Waals surface area contributed by atoms with E-state index in [4.69, 9.17) is 4.52 Å². The van der Waals surface area contributed by atoms with Gasteiger partial charge in [0.05, 0.1) is 6.54 Å². The number of aliphatic carboxylic acids is 1. The molecule has 0 bridgehead atoms. The largest absolute Gasteiger partial charge is 0.480 e. The van der Waals surface area contributed by atoms with Gasteiger partial charge in [0.1, 0.15) is 6.04 Å². The monoisotopic (exact) mass is 281 g/mol. The molecule has 1 fully saturated rings. The molecule has 6 nitrogen and oxygen atoms in total. The van der Waals surface area contributed by atoms with Gasteiger partial charge in [0, 0.05) is 6.42 Å². The van der Waals surface area contributed by atoms with Gasteiger partial charge in [-0.15, -0.1) is 0 Å². The maximum atomic E-state index is 11.6. The molecule has 20 heavy (non-hydrogen) atoms. The molecular formula is C14H23N3O3. The van der Waals surface area contributed by atoms with Crippen molar-refractivity contribution in [3.8, 4) is 0 Å². The highest BCUT2D eigenvalue weighted by Gasteiger charge is 2.42. The third-order valence-corrected chi connectivity index (χ3v) is 3.92. The van der Waals surface area contributed by atoms with Crippen LogP contribution in [0.5, 0.6) is 0 Å². The first kappa shape index (κ1) is 15.0. The minimum absolute atomic E-state index is 0.236. The molecule has 1 aliphatic rings. The van der Waals surface area contributed by atoms with Crippen LogP contribution in [0.4, 0.5) is 0 Å². The van der Waals surface area contributed by atoms with Crippen molar-refractivity contribution in [2.45, 2.75) is 59.0 Å². The zero-order valence-corrected chi connectivity index (χ0v) is 12.4. The Hall–Kier alpha value is -1.43. The van der Waals surface area contributed by atoms with Gasteiger partial charge >= 0.3 is 5.97 Å². The van der Waals surface area contributed by atoms with E-state index >= 15 is 0 Å². The number of piperidine rings is 1. The molecule has 1 unspecified atom stereocenters. The molecule has 1 N–H and O–H groups in total. The Labute approximate surface area is 119 Å². The molecule has 1 aromatic heterocycles. The van der Waals surface area contributed by atoms with E-state index in [0.717, 1.165) is 32.2 Å². The number of hydrogen-bond donors (Lipinski definition) is 1. The normalized spacial score (nSPS) is 22.9. The number of nitrogens with zero attached hydrogens (tertiary/aromatic N) is 3. The number of carbonyl (C=O) groups is 1. The summed E-state index contributed by atoms with van der Waals surface area (Å²) in [5, 5.41) is 13.5. The third-order valence-electron chi connectivity index (χ3n) is 3.92. The lowest BCUT2D eigenvalue weighted by molar-refractivity contribution is -0.151. The van der Waals surface area contributed by atoms with Crippen molar-refractivity contribution in [3.05, 3.63) is 11.7 Å². The molecule has 0 radical (unpaired) electrons. The van der Waals surface area contributed by atoms with Crippen LogP contribution in [0.2, 0.25) is 0 Å². The van der Waals surface area contributed by atoms with Crippen LogP contribution in [0.15, 0.2) is 4.52 Å². The number of aryl methyl sites for hydroxylation is 1. The Kier molecular flexibility index (Phi) is 4.42. The second-order valence-electron chi connectivity index (χ2n) is 6.16. The van der Waals surface area contributed by atoms with Gasteiger partial charge in [0.2, 0.25) is 5.89 Å². The predicted molar refractivity (Wildman–Crippen MR) is 73.1 cm³/mol. The first-order valence-electron chi connectivity index (χ1n) is 7.22. The Balaban J connectivity index is 2.11. The zero-order chi connectivity index (χ0) is 14.8. The number of rotatable bonds is 5. The summed E-state index contributed by atoms with van der Waals surface area (Å²) in [6.07, 6.45) is 3.64. The average Bonchev–Trinajstić information content (AvgIpc) is 2.75. The molecular weight excluding hydrogens is 258 g/mol. The van der Waals surface area contributed by atoms with Crippen LogP contribution in [0.25, 0.3) is 0 Å². The Morgan fingerprint density at radius 3 is 2.95 bits per heavy atom. The first-order valence-corrected chi connectivity index (χ1v) is 7.22. The van der Waals surface area contributed by atoms with Gasteiger partial charge in [-0.25, -0.2) is 0 Å². The standard InChI is InChI=1S/C14H23N3O3/c1-4-6-11-15-10(16-20-11)9-17-8-5-7-14(2,3)12(17)13(18)19/h12H,4-9H2,1-3H3,(H,18,19). The number of hydrogen-bond acceptors (Lipinski definition) is 5. The van der Waals surface area contributed by atoms with Gasteiger partial charge in [-0.2, -0.15) is 4.98 Å². The SMILES string of the molecule is CCCc1nc(CN2CCCC(C)(C)C2C(=O)O)no1. The molecule has 1 aromatic rings. The number of carboxylic acids is 1. The van der Waals surface area contributed by atoms with E-state index in [1.807, 2.05) is 18.7 Å². The fraction of sp³-hybridized carbons (Fsp3) is 0.786. The molecule has 0 spiro atoms. The summed E-state index contributed by atoms with van der Waals surface area (Å²) in [6, 6.07) is -0.496. The van der Waals surface area contributed by atoms with E-state index in [9.17, 15) is 9.90 Å². The lowest BCUT2D eigenvalue weighted by atomic mass is 9.76. The van der Waals surface area contributed by atoms with Gasteiger partial charge in [0.25, 0.3) is 0 Å². The van der Waals surface area contributed by atoms with Crippen LogP contribution < -0.4 is 0 Å². The highest BCUT2D eigenvalue weighted by Crippen LogP contribution is 2.35. The first-order chi connectivity index (χ1) is 9.44. The zero-order valence-electron chi connectivity index (χ0n) is 12.4.